The van der Waals surface area contributed by atoms with Crippen molar-refractivity contribution in [3.05, 3.63) is 83.9 Å². The van der Waals surface area contributed by atoms with Gasteiger partial charge in [-0.15, -0.1) is 0 Å². The number of rotatable bonds is 6. The van der Waals surface area contributed by atoms with E-state index in [0.29, 0.717) is 17.3 Å². The maximum absolute atomic E-state index is 12.5. The minimum atomic E-state index is -0.890. The van der Waals surface area contributed by atoms with Crippen LogP contribution < -0.4 is 5.32 Å². The fraction of sp³-hybridized carbons (Fsp3) is 0.0952. The summed E-state index contributed by atoms with van der Waals surface area (Å²) in [6.07, 6.45) is 5.22. The van der Waals surface area contributed by atoms with Gasteiger partial charge in [-0.2, -0.15) is 0 Å². The smallest absolute Gasteiger partial charge is 0.337 e. The zero-order valence-electron chi connectivity index (χ0n) is 15.6. The summed E-state index contributed by atoms with van der Waals surface area (Å²) in [5.74, 6) is -2.53. The van der Waals surface area contributed by atoms with Gasteiger partial charge in [0.2, 0.25) is 5.91 Å². The Morgan fingerprint density at radius 2 is 1.73 bits per heavy atom. The van der Waals surface area contributed by atoms with Gasteiger partial charge in [0.1, 0.15) is 0 Å². The molecule has 0 saturated heterocycles. The summed E-state index contributed by atoms with van der Waals surface area (Å²) < 4.78 is 1.77. The van der Waals surface area contributed by atoms with Crippen LogP contribution in [0.1, 0.15) is 37.5 Å². The van der Waals surface area contributed by atoms with E-state index in [-0.39, 0.29) is 29.0 Å². The molecule has 1 N–H and O–H groups in total. The fourth-order valence-corrected chi connectivity index (χ4v) is 2.98. The van der Waals surface area contributed by atoms with Crippen molar-refractivity contribution in [3.8, 4) is 0 Å². The first-order chi connectivity index (χ1) is 14.5. The number of carbonyl (C=O) groups excluding carboxylic acids is 4. The van der Waals surface area contributed by atoms with E-state index in [2.05, 4.69) is 10.3 Å². The lowest BCUT2D eigenvalue weighted by molar-refractivity contribution is -0.116. The van der Waals surface area contributed by atoms with Crippen LogP contribution in [0.5, 0.6) is 0 Å². The van der Waals surface area contributed by atoms with Crippen LogP contribution >= 0.6 is 0 Å². The standard InChI is InChI=1S/C21H16N4O5/c26-18(8-10-24-11-9-22-13-24)23-15-5-3-4-14(12-15)21(29)30-25-19(27)16-6-1-2-7-17(16)20(25)28/h1-7,9,11-13H,8,10H2,(H,23,26). The molecule has 2 heterocycles. The molecule has 3 aromatic rings. The number of hydroxylamine groups is 2. The predicted octanol–water partition coefficient (Wildman–Crippen LogP) is 2.28. The second kappa shape index (κ2) is 8.00. The molecule has 9 heteroatoms. The van der Waals surface area contributed by atoms with E-state index in [1.807, 2.05) is 0 Å². The maximum atomic E-state index is 12.5. The first kappa shape index (κ1) is 19.1. The Bertz CT molecular complexity index is 1100. The van der Waals surface area contributed by atoms with E-state index in [4.69, 9.17) is 4.84 Å². The SMILES string of the molecule is O=C(CCn1ccnc1)Nc1cccc(C(=O)ON2C(=O)c3ccccc3C2=O)c1. The lowest BCUT2D eigenvalue weighted by atomic mass is 10.1. The van der Waals surface area contributed by atoms with Crippen molar-refractivity contribution in [1.82, 2.24) is 14.6 Å². The summed E-state index contributed by atoms with van der Waals surface area (Å²) in [7, 11) is 0. The number of benzene rings is 2. The second-order valence-corrected chi connectivity index (χ2v) is 6.51. The molecule has 4 rings (SSSR count). The van der Waals surface area contributed by atoms with Gasteiger partial charge in [-0.1, -0.05) is 23.3 Å². The number of anilines is 1. The highest BCUT2D eigenvalue weighted by molar-refractivity contribution is 6.21. The molecule has 0 atom stereocenters. The van der Waals surface area contributed by atoms with Gasteiger partial charge in [0.25, 0.3) is 11.8 Å². The molecular formula is C21H16N4O5. The van der Waals surface area contributed by atoms with E-state index in [0.717, 1.165) is 0 Å². The van der Waals surface area contributed by atoms with Crippen molar-refractivity contribution < 1.29 is 24.0 Å². The topological polar surface area (TPSA) is 111 Å². The van der Waals surface area contributed by atoms with Crippen LogP contribution in [0.3, 0.4) is 0 Å². The van der Waals surface area contributed by atoms with Gasteiger partial charge in [0.15, 0.2) is 0 Å². The van der Waals surface area contributed by atoms with E-state index >= 15 is 0 Å². The Morgan fingerprint density at radius 3 is 2.40 bits per heavy atom. The van der Waals surface area contributed by atoms with Gasteiger partial charge in [-0.3, -0.25) is 14.4 Å². The van der Waals surface area contributed by atoms with Crippen LogP contribution in [0.25, 0.3) is 0 Å². The van der Waals surface area contributed by atoms with Gasteiger partial charge < -0.3 is 14.7 Å². The molecule has 1 aliphatic heterocycles. The Balaban J connectivity index is 1.40. The minimum absolute atomic E-state index is 0.0824. The number of hydrogen-bond donors (Lipinski definition) is 1. The van der Waals surface area contributed by atoms with Crippen molar-refractivity contribution in [2.75, 3.05) is 5.32 Å². The summed E-state index contributed by atoms with van der Waals surface area (Å²) in [4.78, 5) is 58.2. The van der Waals surface area contributed by atoms with Crippen LogP contribution in [0.4, 0.5) is 5.69 Å². The fourth-order valence-electron chi connectivity index (χ4n) is 2.98. The molecule has 0 unspecified atom stereocenters. The third-order valence-electron chi connectivity index (χ3n) is 4.47. The van der Waals surface area contributed by atoms with Crippen LogP contribution in [0.15, 0.2) is 67.3 Å². The van der Waals surface area contributed by atoms with Gasteiger partial charge in [-0.05, 0) is 30.3 Å². The molecule has 1 aliphatic rings. The van der Waals surface area contributed by atoms with E-state index in [1.165, 1.54) is 24.3 Å². The molecule has 0 saturated carbocycles. The summed E-state index contributed by atoms with van der Waals surface area (Å²) in [6, 6.07) is 12.3. The lowest BCUT2D eigenvalue weighted by Crippen LogP contribution is -2.32. The molecule has 3 amide bonds. The zero-order valence-corrected chi connectivity index (χ0v) is 15.6. The van der Waals surface area contributed by atoms with Crippen LogP contribution in [0, 0.1) is 0 Å². The zero-order chi connectivity index (χ0) is 21.1. The molecule has 0 aliphatic carbocycles. The molecule has 150 valence electrons. The third-order valence-corrected chi connectivity index (χ3v) is 4.47. The quantitative estimate of drug-likeness (QED) is 0.631. The number of fused-ring (bicyclic) bond motifs is 1. The second-order valence-electron chi connectivity index (χ2n) is 6.51. The number of imidazole rings is 1. The van der Waals surface area contributed by atoms with Crippen molar-refractivity contribution in [1.29, 1.82) is 0 Å². The van der Waals surface area contributed by atoms with Crippen molar-refractivity contribution in [3.63, 3.8) is 0 Å². The summed E-state index contributed by atoms with van der Waals surface area (Å²) >= 11 is 0. The molecule has 0 bridgehead atoms. The Labute approximate surface area is 170 Å². The molecule has 0 radical (unpaired) electrons. The largest absolute Gasteiger partial charge is 0.364 e. The number of nitrogens with zero attached hydrogens (tertiary/aromatic N) is 3. The van der Waals surface area contributed by atoms with Crippen LogP contribution in [-0.4, -0.2) is 38.3 Å². The third kappa shape index (κ3) is 3.81. The van der Waals surface area contributed by atoms with Crippen LogP contribution in [0.2, 0.25) is 0 Å². The minimum Gasteiger partial charge on any atom is -0.337 e. The summed E-state index contributed by atoms with van der Waals surface area (Å²) in [5, 5.41) is 3.14. The highest BCUT2D eigenvalue weighted by atomic mass is 16.7. The first-order valence-electron chi connectivity index (χ1n) is 9.09. The maximum Gasteiger partial charge on any atom is 0.364 e. The molecule has 2 aromatic carbocycles. The molecule has 1 aromatic heterocycles. The molecule has 30 heavy (non-hydrogen) atoms. The highest BCUT2D eigenvalue weighted by Gasteiger charge is 2.38. The molecule has 0 spiro atoms. The summed E-state index contributed by atoms with van der Waals surface area (Å²) in [6.45, 7) is 0.466. The number of imide groups is 1. The van der Waals surface area contributed by atoms with E-state index in [1.54, 1.807) is 47.6 Å². The average Bonchev–Trinajstić information content (AvgIpc) is 3.36. The number of aromatic nitrogens is 2. The molecule has 9 nitrogen and oxygen atoms in total. The lowest BCUT2D eigenvalue weighted by Gasteiger charge is -2.13. The Hall–Kier alpha value is -4.27. The van der Waals surface area contributed by atoms with E-state index in [9.17, 15) is 19.2 Å². The van der Waals surface area contributed by atoms with E-state index < -0.39 is 17.8 Å². The van der Waals surface area contributed by atoms with Gasteiger partial charge in [-0.25, -0.2) is 9.78 Å². The highest BCUT2D eigenvalue weighted by Crippen LogP contribution is 2.23. The number of amides is 3. The van der Waals surface area contributed by atoms with Crippen molar-refractivity contribution >= 4 is 29.4 Å². The van der Waals surface area contributed by atoms with Crippen molar-refractivity contribution in [2.24, 2.45) is 0 Å². The number of hydrogen-bond acceptors (Lipinski definition) is 6. The predicted molar refractivity (Wildman–Crippen MR) is 104 cm³/mol. The van der Waals surface area contributed by atoms with Crippen LogP contribution in [-0.2, 0) is 16.2 Å². The Kier molecular flexibility index (Phi) is 5.08. The first-order valence-corrected chi connectivity index (χ1v) is 9.09. The molecular weight excluding hydrogens is 388 g/mol. The number of aryl methyl sites for hydroxylation is 1. The number of nitrogens with one attached hydrogen (secondary N) is 1. The molecule has 0 fully saturated rings. The number of carbonyl (C=O) groups is 4. The average molecular weight is 404 g/mol. The Morgan fingerprint density at radius 1 is 1.00 bits per heavy atom. The summed E-state index contributed by atoms with van der Waals surface area (Å²) in [5.41, 5.74) is 0.824. The van der Waals surface area contributed by atoms with Crippen molar-refractivity contribution in [2.45, 2.75) is 13.0 Å². The monoisotopic (exact) mass is 404 g/mol. The normalized spacial score (nSPS) is 12.6. The van der Waals surface area contributed by atoms with Gasteiger partial charge in [0, 0.05) is 31.0 Å². The van der Waals surface area contributed by atoms with Gasteiger partial charge >= 0.3 is 5.97 Å². The van der Waals surface area contributed by atoms with Gasteiger partial charge in [0.05, 0.1) is 23.0 Å².